The number of halogens is 2. The molecule has 104 valence electrons. The molecule has 0 bridgehead atoms. The molecule has 2 rings (SSSR count). The fourth-order valence-electron chi connectivity index (χ4n) is 2.50. The molecule has 0 spiro atoms. The second kappa shape index (κ2) is 6.60. The summed E-state index contributed by atoms with van der Waals surface area (Å²) < 4.78 is 0. The summed E-state index contributed by atoms with van der Waals surface area (Å²) in [6.45, 7) is 1.59. The van der Waals surface area contributed by atoms with Crippen LogP contribution in [0.5, 0.6) is 0 Å². The van der Waals surface area contributed by atoms with Gasteiger partial charge in [0.05, 0.1) is 10.6 Å². The molecule has 1 aliphatic rings. The first-order valence-corrected chi connectivity index (χ1v) is 7.22. The van der Waals surface area contributed by atoms with E-state index in [1.54, 1.807) is 23.1 Å². The molecule has 1 saturated heterocycles. The summed E-state index contributed by atoms with van der Waals surface area (Å²) in [4.78, 5) is 14.2. The Labute approximate surface area is 123 Å². The largest absolute Gasteiger partial charge is 0.396 e. The Hall–Kier alpha value is -0.770. The Balaban J connectivity index is 2.12. The molecule has 0 saturated carbocycles. The Morgan fingerprint density at radius 3 is 2.95 bits per heavy atom. The minimum absolute atomic E-state index is 0.0739. The smallest absolute Gasteiger partial charge is 0.255 e. The Morgan fingerprint density at radius 1 is 1.42 bits per heavy atom. The molecule has 1 heterocycles. The van der Waals surface area contributed by atoms with E-state index in [0.29, 0.717) is 28.1 Å². The van der Waals surface area contributed by atoms with Gasteiger partial charge in [-0.3, -0.25) is 4.79 Å². The number of nitrogens with zero attached hydrogens (tertiary/aromatic N) is 1. The second-order valence-corrected chi connectivity index (χ2v) is 5.74. The molecule has 19 heavy (non-hydrogen) atoms. The zero-order chi connectivity index (χ0) is 13.8. The minimum Gasteiger partial charge on any atom is -0.396 e. The monoisotopic (exact) mass is 301 g/mol. The van der Waals surface area contributed by atoms with E-state index in [1.807, 2.05) is 0 Å². The summed E-state index contributed by atoms with van der Waals surface area (Å²) in [5, 5.41) is 9.94. The second-order valence-electron chi connectivity index (χ2n) is 4.90. The number of likely N-dealkylation sites (tertiary alicyclic amines) is 1. The van der Waals surface area contributed by atoms with Crippen LogP contribution in [0.25, 0.3) is 0 Å². The van der Waals surface area contributed by atoms with Crippen LogP contribution in [0.2, 0.25) is 10.0 Å². The number of piperidine rings is 1. The standard InChI is InChI=1S/C14H17Cl2NO2/c15-11-3-4-13(16)12(8-11)14(19)17-6-1-2-10(9-17)5-7-18/h3-4,8,10,18H,1-2,5-7,9H2. The molecule has 1 atom stereocenters. The van der Waals surface area contributed by atoms with Crippen molar-refractivity contribution in [1.82, 2.24) is 4.90 Å². The molecule has 1 fully saturated rings. The molecule has 1 aliphatic heterocycles. The zero-order valence-electron chi connectivity index (χ0n) is 10.6. The minimum atomic E-state index is -0.0739. The van der Waals surface area contributed by atoms with Gasteiger partial charge in [-0.2, -0.15) is 0 Å². The molecule has 1 unspecified atom stereocenters. The molecule has 0 radical (unpaired) electrons. The van der Waals surface area contributed by atoms with Gasteiger partial charge >= 0.3 is 0 Å². The van der Waals surface area contributed by atoms with Crippen LogP contribution in [-0.2, 0) is 0 Å². The van der Waals surface area contributed by atoms with Crippen LogP contribution in [0.15, 0.2) is 18.2 Å². The van der Waals surface area contributed by atoms with E-state index in [9.17, 15) is 4.79 Å². The lowest BCUT2D eigenvalue weighted by atomic mass is 9.94. The van der Waals surface area contributed by atoms with E-state index in [1.165, 1.54) is 0 Å². The van der Waals surface area contributed by atoms with Gasteiger partial charge in [0.25, 0.3) is 5.91 Å². The van der Waals surface area contributed by atoms with Crippen molar-refractivity contribution in [3.05, 3.63) is 33.8 Å². The van der Waals surface area contributed by atoms with Gasteiger partial charge in [0.15, 0.2) is 0 Å². The molecule has 1 aromatic rings. The van der Waals surface area contributed by atoms with Crippen molar-refractivity contribution in [3.8, 4) is 0 Å². The molecular formula is C14H17Cl2NO2. The van der Waals surface area contributed by atoms with Crippen molar-refractivity contribution < 1.29 is 9.90 Å². The quantitative estimate of drug-likeness (QED) is 0.931. The number of rotatable bonds is 3. The number of aliphatic hydroxyl groups excluding tert-OH is 1. The number of amides is 1. The SMILES string of the molecule is O=C(c1cc(Cl)ccc1Cl)N1CCCC(CCO)C1. The van der Waals surface area contributed by atoms with E-state index in [0.717, 1.165) is 25.8 Å². The van der Waals surface area contributed by atoms with Crippen LogP contribution in [0.1, 0.15) is 29.6 Å². The highest BCUT2D eigenvalue weighted by atomic mass is 35.5. The predicted octanol–water partition coefficient (Wildman–Crippen LogP) is 3.23. The number of benzene rings is 1. The third-order valence-electron chi connectivity index (χ3n) is 3.50. The van der Waals surface area contributed by atoms with Gasteiger partial charge in [0.1, 0.15) is 0 Å². The van der Waals surface area contributed by atoms with Crippen molar-refractivity contribution >= 4 is 29.1 Å². The number of hydrogen-bond donors (Lipinski definition) is 1. The van der Waals surface area contributed by atoms with Crippen LogP contribution in [-0.4, -0.2) is 35.6 Å². The van der Waals surface area contributed by atoms with Crippen molar-refractivity contribution in [2.75, 3.05) is 19.7 Å². The molecule has 1 amide bonds. The lowest BCUT2D eigenvalue weighted by molar-refractivity contribution is 0.0654. The molecule has 3 nitrogen and oxygen atoms in total. The third kappa shape index (κ3) is 3.62. The fourth-order valence-corrected chi connectivity index (χ4v) is 2.87. The van der Waals surface area contributed by atoms with E-state index < -0.39 is 0 Å². The van der Waals surface area contributed by atoms with Crippen molar-refractivity contribution in [2.45, 2.75) is 19.3 Å². The van der Waals surface area contributed by atoms with Crippen LogP contribution < -0.4 is 0 Å². The summed E-state index contributed by atoms with van der Waals surface area (Å²) in [7, 11) is 0. The van der Waals surface area contributed by atoms with Crippen LogP contribution in [0, 0.1) is 5.92 Å². The van der Waals surface area contributed by atoms with Gasteiger partial charge in [-0.15, -0.1) is 0 Å². The third-order valence-corrected chi connectivity index (χ3v) is 4.07. The van der Waals surface area contributed by atoms with Gasteiger partial charge in [-0.25, -0.2) is 0 Å². The number of hydrogen-bond acceptors (Lipinski definition) is 2. The molecule has 0 aromatic heterocycles. The molecule has 0 aliphatic carbocycles. The summed E-state index contributed by atoms with van der Waals surface area (Å²) in [5.74, 6) is 0.302. The first-order chi connectivity index (χ1) is 9.11. The average Bonchev–Trinajstić information content (AvgIpc) is 2.41. The van der Waals surface area contributed by atoms with Crippen LogP contribution in [0.4, 0.5) is 0 Å². The molecule has 1 N–H and O–H groups in total. The lowest BCUT2D eigenvalue weighted by Gasteiger charge is -2.32. The van der Waals surface area contributed by atoms with Crippen LogP contribution in [0.3, 0.4) is 0 Å². The Bertz CT molecular complexity index is 463. The Morgan fingerprint density at radius 2 is 2.21 bits per heavy atom. The molecular weight excluding hydrogens is 285 g/mol. The van der Waals surface area contributed by atoms with E-state index >= 15 is 0 Å². The van der Waals surface area contributed by atoms with Gasteiger partial charge in [-0.05, 0) is 43.4 Å². The van der Waals surface area contributed by atoms with Crippen LogP contribution >= 0.6 is 23.2 Å². The predicted molar refractivity (Wildman–Crippen MR) is 76.8 cm³/mol. The number of carbonyl (C=O) groups excluding carboxylic acids is 1. The van der Waals surface area contributed by atoms with Gasteiger partial charge in [0, 0.05) is 24.7 Å². The number of carbonyl (C=O) groups is 1. The first kappa shape index (κ1) is 14.6. The molecule has 1 aromatic carbocycles. The van der Waals surface area contributed by atoms with Gasteiger partial charge in [0.2, 0.25) is 0 Å². The maximum Gasteiger partial charge on any atom is 0.255 e. The highest BCUT2D eigenvalue weighted by Crippen LogP contribution is 2.25. The zero-order valence-corrected chi connectivity index (χ0v) is 12.1. The highest BCUT2D eigenvalue weighted by molar-refractivity contribution is 6.35. The molecule has 5 heteroatoms. The normalized spacial score (nSPS) is 19.5. The topological polar surface area (TPSA) is 40.5 Å². The number of aliphatic hydroxyl groups is 1. The van der Waals surface area contributed by atoms with Crippen molar-refractivity contribution in [2.24, 2.45) is 5.92 Å². The van der Waals surface area contributed by atoms with Gasteiger partial charge < -0.3 is 10.0 Å². The van der Waals surface area contributed by atoms with E-state index in [-0.39, 0.29) is 12.5 Å². The first-order valence-electron chi connectivity index (χ1n) is 6.47. The summed E-state index contributed by atoms with van der Waals surface area (Å²) >= 11 is 12.0. The van der Waals surface area contributed by atoms with Gasteiger partial charge in [-0.1, -0.05) is 23.2 Å². The summed E-state index contributed by atoms with van der Waals surface area (Å²) in [5.41, 5.74) is 0.457. The van der Waals surface area contributed by atoms with E-state index in [2.05, 4.69) is 0 Å². The summed E-state index contributed by atoms with van der Waals surface area (Å²) in [6, 6.07) is 4.93. The maximum atomic E-state index is 12.4. The van der Waals surface area contributed by atoms with E-state index in [4.69, 9.17) is 28.3 Å². The Kier molecular flexibility index (Phi) is 5.08. The lowest BCUT2D eigenvalue weighted by Crippen LogP contribution is -2.40. The van der Waals surface area contributed by atoms with Crippen molar-refractivity contribution in [3.63, 3.8) is 0 Å². The fraction of sp³-hybridized carbons (Fsp3) is 0.500. The average molecular weight is 302 g/mol. The maximum absolute atomic E-state index is 12.4. The van der Waals surface area contributed by atoms with Crippen molar-refractivity contribution in [1.29, 1.82) is 0 Å². The summed E-state index contributed by atoms with van der Waals surface area (Å²) in [6.07, 6.45) is 2.77. The highest BCUT2D eigenvalue weighted by Gasteiger charge is 2.25.